The highest BCUT2D eigenvalue weighted by atomic mass is 16.4. The van der Waals surface area contributed by atoms with Crippen molar-refractivity contribution in [1.82, 2.24) is 20.2 Å². The number of hydrogen-bond acceptors (Lipinski definition) is 8. The summed E-state index contributed by atoms with van der Waals surface area (Å²) in [6.07, 6.45) is 0.514. The zero-order valence-corrected chi connectivity index (χ0v) is 18.7. The summed E-state index contributed by atoms with van der Waals surface area (Å²) in [6, 6.07) is 4.96. The molecule has 2 atom stereocenters. The number of aliphatic carboxylic acids is 2. The third-order valence-corrected chi connectivity index (χ3v) is 5.58. The predicted molar refractivity (Wildman–Crippen MR) is 124 cm³/mol. The predicted octanol–water partition coefficient (Wildman–Crippen LogP) is -0.357. The molecule has 0 saturated heterocycles. The van der Waals surface area contributed by atoms with Crippen LogP contribution in [0.2, 0.25) is 0 Å². The van der Waals surface area contributed by atoms with Gasteiger partial charge in [-0.05, 0) is 36.5 Å². The van der Waals surface area contributed by atoms with Crippen molar-refractivity contribution in [2.45, 2.75) is 31.8 Å². The van der Waals surface area contributed by atoms with Crippen LogP contribution in [0.3, 0.4) is 0 Å². The van der Waals surface area contributed by atoms with Gasteiger partial charge in [0.25, 0.3) is 11.5 Å². The number of benzene rings is 1. The number of carboxylic acids is 2. The summed E-state index contributed by atoms with van der Waals surface area (Å²) >= 11 is 0. The third-order valence-electron chi connectivity index (χ3n) is 5.58. The van der Waals surface area contributed by atoms with E-state index in [9.17, 15) is 29.1 Å². The van der Waals surface area contributed by atoms with E-state index >= 15 is 0 Å². The topological polar surface area (TPSA) is 208 Å². The first kappa shape index (κ1) is 25.2. The Morgan fingerprint density at radius 2 is 1.97 bits per heavy atom. The molecular weight excluding hydrogens is 460 g/mol. The van der Waals surface area contributed by atoms with Gasteiger partial charge in [0.15, 0.2) is 0 Å². The van der Waals surface area contributed by atoms with Crippen LogP contribution in [0.15, 0.2) is 29.1 Å². The van der Waals surface area contributed by atoms with E-state index in [2.05, 4.69) is 20.6 Å². The number of H-pyrrole nitrogens is 1. The molecule has 0 spiro atoms. The van der Waals surface area contributed by atoms with E-state index in [1.165, 1.54) is 12.1 Å². The van der Waals surface area contributed by atoms with Crippen LogP contribution < -0.4 is 21.9 Å². The molecule has 186 valence electrons. The van der Waals surface area contributed by atoms with Crippen molar-refractivity contribution in [3.63, 3.8) is 0 Å². The molecule has 1 aliphatic rings. The molecule has 35 heavy (non-hydrogen) atoms. The summed E-state index contributed by atoms with van der Waals surface area (Å²) in [5.74, 6) is -2.67. The van der Waals surface area contributed by atoms with Crippen molar-refractivity contribution in [3.8, 4) is 0 Å². The molecule has 1 aromatic carbocycles. The maximum atomic E-state index is 12.4. The number of carbonyl (C=O) groups excluding carboxylic acids is 2. The molecule has 0 fully saturated rings. The molecule has 2 aromatic rings. The summed E-state index contributed by atoms with van der Waals surface area (Å²) < 4.78 is 0. The minimum Gasteiger partial charge on any atom is -0.481 e. The second-order valence-electron chi connectivity index (χ2n) is 8.26. The lowest BCUT2D eigenvalue weighted by Crippen LogP contribution is -2.41. The van der Waals surface area contributed by atoms with Gasteiger partial charge < -0.3 is 31.5 Å². The van der Waals surface area contributed by atoms with Gasteiger partial charge in [-0.15, -0.1) is 0 Å². The van der Waals surface area contributed by atoms with E-state index in [0.717, 1.165) is 5.56 Å². The van der Waals surface area contributed by atoms with E-state index in [4.69, 9.17) is 10.8 Å². The average Bonchev–Trinajstić information content (AvgIpc) is 2.81. The Hall–Kier alpha value is -4.42. The lowest BCUT2D eigenvalue weighted by Gasteiger charge is -2.28. The molecule has 0 bridgehead atoms. The fourth-order valence-electron chi connectivity index (χ4n) is 3.82. The molecule has 3 rings (SSSR count). The smallest absolute Gasteiger partial charge is 0.326 e. The number of hydrogen-bond donors (Lipinski definition) is 6. The summed E-state index contributed by atoms with van der Waals surface area (Å²) in [4.78, 5) is 66.2. The number of nitrogens with zero attached hydrogens (tertiary/aromatic N) is 2. The molecule has 7 N–H and O–H groups in total. The number of anilines is 2. The van der Waals surface area contributed by atoms with E-state index in [-0.39, 0.29) is 36.0 Å². The molecule has 13 heteroatoms. The minimum atomic E-state index is -1.32. The van der Waals surface area contributed by atoms with Crippen LogP contribution in [-0.2, 0) is 27.3 Å². The van der Waals surface area contributed by atoms with Crippen LogP contribution in [0.25, 0.3) is 0 Å². The van der Waals surface area contributed by atoms with Crippen molar-refractivity contribution >= 4 is 36.0 Å². The number of nitrogen functional groups attached to an aromatic ring is 1. The molecule has 0 unspecified atom stereocenters. The number of nitrogens with two attached hydrogens (primary N) is 1. The molecule has 13 nitrogen and oxygen atoms in total. The fraction of sp³-hybridized carbons (Fsp3) is 0.364. The Bertz CT molecular complexity index is 1160. The Morgan fingerprint density at radius 3 is 2.60 bits per heavy atom. The number of aromatic amines is 1. The summed E-state index contributed by atoms with van der Waals surface area (Å²) in [5.41, 5.74) is 6.68. The quantitative estimate of drug-likeness (QED) is 0.227. The van der Waals surface area contributed by atoms with Crippen LogP contribution in [0.4, 0.5) is 11.8 Å². The van der Waals surface area contributed by atoms with Crippen molar-refractivity contribution in [2.24, 2.45) is 5.92 Å². The Kier molecular flexibility index (Phi) is 8.02. The number of amides is 2. The summed E-state index contributed by atoms with van der Waals surface area (Å²) in [7, 11) is 0. The average molecular weight is 486 g/mol. The van der Waals surface area contributed by atoms with Crippen molar-refractivity contribution < 1.29 is 29.4 Å². The lowest BCUT2D eigenvalue weighted by molar-refractivity contribution is -0.140. The van der Waals surface area contributed by atoms with E-state index < -0.39 is 30.3 Å². The molecule has 2 amide bonds. The first-order valence-electron chi connectivity index (χ1n) is 10.8. The normalized spacial score (nSPS) is 15.3. The van der Waals surface area contributed by atoms with Gasteiger partial charge in [0.05, 0.1) is 5.56 Å². The highest BCUT2D eigenvalue weighted by molar-refractivity contribution is 5.96. The van der Waals surface area contributed by atoms with Gasteiger partial charge >= 0.3 is 11.9 Å². The van der Waals surface area contributed by atoms with E-state index in [1.54, 1.807) is 17.0 Å². The Balaban J connectivity index is 1.58. The van der Waals surface area contributed by atoms with Gasteiger partial charge in [0, 0.05) is 31.6 Å². The number of rotatable bonds is 11. The number of carboxylic acid groups (broad SMARTS) is 2. The molecular formula is C22H26N6O7. The Morgan fingerprint density at radius 1 is 1.26 bits per heavy atom. The van der Waals surface area contributed by atoms with Crippen LogP contribution in [-0.4, -0.2) is 68.5 Å². The second-order valence-corrected chi connectivity index (χ2v) is 8.26. The van der Waals surface area contributed by atoms with Crippen LogP contribution >= 0.6 is 0 Å². The van der Waals surface area contributed by atoms with Gasteiger partial charge in [-0.1, -0.05) is 12.1 Å². The maximum Gasteiger partial charge on any atom is 0.326 e. The first-order chi connectivity index (χ1) is 16.7. The van der Waals surface area contributed by atoms with Crippen molar-refractivity contribution in [2.75, 3.05) is 24.1 Å². The lowest BCUT2D eigenvalue weighted by atomic mass is 9.96. The number of carbonyl (C=O) groups is 4. The highest BCUT2D eigenvalue weighted by Gasteiger charge is 2.24. The molecule has 0 radical (unpaired) electrons. The van der Waals surface area contributed by atoms with E-state index in [1.807, 2.05) is 0 Å². The van der Waals surface area contributed by atoms with Crippen LogP contribution in [0, 0.1) is 5.92 Å². The molecule has 1 aromatic heterocycles. The molecule has 2 heterocycles. The molecule has 1 aliphatic heterocycles. The van der Waals surface area contributed by atoms with E-state index in [0.29, 0.717) is 37.3 Å². The fourth-order valence-corrected chi connectivity index (χ4v) is 3.82. The van der Waals surface area contributed by atoms with Gasteiger partial charge in [0.2, 0.25) is 12.4 Å². The van der Waals surface area contributed by atoms with Gasteiger partial charge in [-0.3, -0.25) is 24.2 Å². The summed E-state index contributed by atoms with van der Waals surface area (Å²) in [6.45, 7) is 1.16. The minimum absolute atomic E-state index is 0.0250. The number of nitrogens with one attached hydrogen (secondary N) is 3. The molecule has 0 saturated carbocycles. The number of fused-ring (bicyclic) bond motifs is 1. The van der Waals surface area contributed by atoms with Gasteiger partial charge in [-0.2, -0.15) is 4.98 Å². The standard InChI is InChI=1S/C22H26N6O7/c23-22-26-18-15(20(33)27-22)7-13(8-24-18)10-28(11-29)9-12-1-3-14(4-2-12)19(32)25-16(21(34)35)5-6-17(30)31/h1-4,11,13,16H,5-10H2,(H,25,32)(H,30,31)(H,34,35)(H4,23,24,26,27,33)/t13-,16-/m0/s1. The number of aromatic nitrogens is 2. The Labute approximate surface area is 199 Å². The molecule has 0 aliphatic carbocycles. The van der Waals surface area contributed by atoms with Crippen LogP contribution in [0.5, 0.6) is 0 Å². The first-order valence-corrected chi connectivity index (χ1v) is 10.8. The monoisotopic (exact) mass is 486 g/mol. The highest BCUT2D eigenvalue weighted by Crippen LogP contribution is 2.21. The van der Waals surface area contributed by atoms with Gasteiger partial charge in [-0.25, -0.2) is 4.79 Å². The van der Waals surface area contributed by atoms with Crippen molar-refractivity contribution in [1.29, 1.82) is 0 Å². The van der Waals surface area contributed by atoms with Crippen LogP contribution in [0.1, 0.15) is 34.3 Å². The zero-order valence-electron chi connectivity index (χ0n) is 18.7. The second kappa shape index (κ2) is 11.1. The SMILES string of the molecule is Nc1nc2c(c(=O)[nH]1)C[C@H](CN(C=O)Cc1ccc(C(=O)N[C@@H](CCC(=O)O)C(=O)O)cc1)CN2. The third kappa shape index (κ3) is 6.79. The zero-order chi connectivity index (χ0) is 25.5. The summed E-state index contributed by atoms with van der Waals surface area (Å²) in [5, 5.41) is 23.3. The van der Waals surface area contributed by atoms with Crippen molar-refractivity contribution in [3.05, 3.63) is 51.3 Å². The maximum absolute atomic E-state index is 12.4. The largest absolute Gasteiger partial charge is 0.481 e. The van der Waals surface area contributed by atoms with Gasteiger partial charge in [0.1, 0.15) is 11.9 Å².